The highest BCUT2D eigenvalue weighted by Gasteiger charge is 2.21. The molecule has 2 aromatic heterocycles. The van der Waals surface area contributed by atoms with Crippen molar-refractivity contribution in [3.63, 3.8) is 0 Å². The van der Waals surface area contributed by atoms with Gasteiger partial charge in [0.05, 0.1) is 25.5 Å². The normalized spacial score (nSPS) is 21.6. The van der Waals surface area contributed by atoms with Crippen molar-refractivity contribution in [1.82, 2.24) is 20.1 Å². The molecule has 0 radical (unpaired) electrons. The van der Waals surface area contributed by atoms with E-state index in [1.54, 1.807) is 6.26 Å². The summed E-state index contributed by atoms with van der Waals surface area (Å²) in [5, 5.41) is 2.87. The van der Waals surface area contributed by atoms with E-state index in [1.807, 2.05) is 12.1 Å². The maximum atomic E-state index is 12.2. The average Bonchev–Trinajstić information content (AvgIpc) is 3.44. The fourth-order valence-electron chi connectivity index (χ4n) is 3.51. The Kier molecular flexibility index (Phi) is 5.86. The second-order valence-electron chi connectivity index (χ2n) is 7.10. The van der Waals surface area contributed by atoms with Crippen LogP contribution in [0.5, 0.6) is 0 Å². The first kappa shape index (κ1) is 18.2. The van der Waals surface area contributed by atoms with Crippen LogP contribution in [0.2, 0.25) is 0 Å². The van der Waals surface area contributed by atoms with Gasteiger partial charge in [-0.3, -0.25) is 14.6 Å². The van der Waals surface area contributed by atoms with Gasteiger partial charge in [-0.2, -0.15) is 0 Å². The van der Waals surface area contributed by atoms with Crippen molar-refractivity contribution in [1.29, 1.82) is 0 Å². The number of hydrogen-bond donors (Lipinski definition) is 1. The smallest absolute Gasteiger partial charge is 0.273 e. The molecule has 2 aliphatic rings. The third kappa shape index (κ3) is 4.97. The second-order valence-corrected chi connectivity index (χ2v) is 7.10. The van der Waals surface area contributed by atoms with Crippen LogP contribution in [0, 0.1) is 0 Å². The molecule has 8 heteroatoms. The van der Waals surface area contributed by atoms with E-state index in [-0.39, 0.29) is 12.0 Å². The van der Waals surface area contributed by atoms with E-state index in [9.17, 15) is 4.79 Å². The third-order valence-corrected chi connectivity index (χ3v) is 5.08. The van der Waals surface area contributed by atoms with Crippen molar-refractivity contribution in [3.8, 4) is 0 Å². The van der Waals surface area contributed by atoms with Crippen molar-refractivity contribution in [3.05, 3.63) is 42.0 Å². The predicted molar refractivity (Wildman–Crippen MR) is 97.1 cm³/mol. The zero-order valence-corrected chi connectivity index (χ0v) is 15.4. The first-order chi connectivity index (χ1) is 13.3. The maximum Gasteiger partial charge on any atom is 0.273 e. The van der Waals surface area contributed by atoms with Gasteiger partial charge in [0.15, 0.2) is 5.69 Å². The quantitative estimate of drug-likeness (QED) is 0.786. The molecular formula is C19H26N4O4. The highest BCUT2D eigenvalue weighted by molar-refractivity contribution is 5.91. The number of rotatable bonds is 7. The first-order valence-electron chi connectivity index (χ1n) is 9.57. The van der Waals surface area contributed by atoms with Crippen LogP contribution in [0.25, 0.3) is 0 Å². The highest BCUT2D eigenvalue weighted by Crippen LogP contribution is 2.13. The topological polar surface area (TPSA) is 84.0 Å². The van der Waals surface area contributed by atoms with Crippen molar-refractivity contribution in [2.45, 2.75) is 32.0 Å². The van der Waals surface area contributed by atoms with Gasteiger partial charge >= 0.3 is 0 Å². The summed E-state index contributed by atoms with van der Waals surface area (Å²) < 4.78 is 16.4. The van der Waals surface area contributed by atoms with Crippen molar-refractivity contribution in [2.75, 3.05) is 39.3 Å². The van der Waals surface area contributed by atoms with Gasteiger partial charge < -0.3 is 18.9 Å². The number of hydrogen-bond acceptors (Lipinski definition) is 7. The van der Waals surface area contributed by atoms with Crippen LogP contribution in [-0.4, -0.2) is 66.1 Å². The molecule has 1 N–H and O–H groups in total. The van der Waals surface area contributed by atoms with Crippen molar-refractivity contribution < 1.29 is 18.4 Å². The Morgan fingerprint density at radius 3 is 2.70 bits per heavy atom. The monoisotopic (exact) mass is 374 g/mol. The fraction of sp³-hybridized carbons (Fsp3) is 0.579. The van der Waals surface area contributed by atoms with E-state index in [4.69, 9.17) is 13.6 Å². The maximum absolute atomic E-state index is 12.2. The van der Waals surface area contributed by atoms with Crippen LogP contribution in [-0.2, 0) is 17.8 Å². The molecule has 4 heterocycles. The van der Waals surface area contributed by atoms with E-state index in [2.05, 4.69) is 20.1 Å². The molecule has 8 nitrogen and oxygen atoms in total. The Morgan fingerprint density at radius 1 is 1.19 bits per heavy atom. The number of amides is 1. The number of furan rings is 1. The number of carbonyl (C=O) groups excluding carboxylic acids is 1. The molecular weight excluding hydrogens is 348 g/mol. The standard InChI is InChI=1S/C19H26N4O4/c24-19(20-11-15-3-1-9-25-15)17-14-27-18(21-17)13-23-7-5-22(6-8-23)12-16-4-2-10-26-16/h2,4,10,14-15H,1,3,5-9,11-13H2,(H,20,24). The molecule has 1 unspecified atom stereocenters. The van der Waals surface area contributed by atoms with Crippen LogP contribution in [0.15, 0.2) is 33.5 Å². The van der Waals surface area contributed by atoms with Gasteiger partial charge in [0.1, 0.15) is 12.0 Å². The number of oxazole rings is 1. The molecule has 2 fully saturated rings. The Morgan fingerprint density at radius 2 is 2.00 bits per heavy atom. The highest BCUT2D eigenvalue weighted by atomic mass is 16.5. The van der Waals surface area contributed by atoms with Crippen LogP contribution < -0.4 is 5.32 Å². The third-order valence-electron chi connectivity index (χ3n) is 5.08. The molecule has 27 heavy (non-hydrogen) atoms. The van der Waals surface area contributed by atoms with Crippen LogP contribution in [0.3, 0.4) is 0 Å². The minimum absolute atomic E-state index is 0.123. The lowest BCUT2D eigenvalue weighted by Gasteiger charge is -2.33. The van der Waals surface area contributed by atoms with Gasteiger partial charge in [0.25, 0.3) is 5.91 Å². The van der Waals surface area contributed by atoms with E-state index in [1.165, 1.54) is 6.26 Å². The van der Waals surface area contributed by atoms with E-state index in [0.29, 0.717) is 24.7 Å². The summed E-state index contributed by atoms with van der Waals surface area (Å²) in [5.74, 6) is 1.37. The summed E-state index contributed by atoms with van der Waals surface area (Å²) in [4.78, 5) is 21.2. The Balaban J connectivity index is 1.20. The molecule has 2 saturated heterocycles. The summed E-state index contributed by atoms with van der Waals surface area (Å²) in [6, 6.07) is 3.92. The van der Waals surface area contributed by atoms with Gasteiger partial charge in [-0.25, -0.2) is 4.98 Å². The number of nitrogens with one attached hydrogen (secondary N) is 1. The van der Waals surface area contributed by atoms with E-state index < -0.39 is 0 Å². The van der Waals surface area contributed by atoms with Crippen molar-refractivity contribution >= 4 is 5.91 Å². The lowest BCUT2D eigenvalue weighted by molar-refractivity contribution is 0.0853. The van der Waals surface area contributed by atoms with Crippen LogP contribution >= 0.6 is 0 Å². The molecule has 4 rings (SSSR count). The van der Waals surface area contributed by atoms with Crippen LogP contribution in [0.1, 0.15) is 35.0 Å². The summed E-state index contributed by atoms with van der Waals surface area (Å²) in [6.07, 6.45) is 5.33. The van der Waals surface area contributed by atoms with Gasteiger partial charge in [-0.05, 0) is 25.0 Å². The minimum atomic E-state index is -0.205. The molecule has 0 aliphatic carbocycles. The van der Waals surface area contributed by atoms with Gasteiger partial charge in [0.2, 0.25) is 5.89 Å². The second kappa shape index (κ2) is 8.69. The SMILES string of the molecule is O=C(NCC1CCCO1)c1coc(CN2CCN(Cc3ccco3)CC2)n1. The molecule has 2 aromatic rings. The molecule has 0 bridgehead atoms. The van der Waals surface area contributed by atoms with Crippen LogP contribution in [0.4, 0.5) is 0 Å². The molecule has 0 spiro atoms. The predicted octanol–water partition coefficient (Wildman–Crippen LogP) is 1.49. The van der Waals surface area contributed by atoms with Crippen molar-refractivity contribution in [2.24, 2.45) is 0 Å². The Bertz CT molecular complexity index is 716. The zero-order valence-electron chi connectivity index (χ0n) is 15.4. The summed E-state index contributed by atoms with van der Waals surface area (Å²) in [6.45, 7) is 6.57. The lowest BCUT2D eigenvalue weighted by Crippen LogP contribution is -2.45. The number of nitrogens with zero attached hydrogens (tertiary/aromatic N) is 3. The zero-order chi connectivity index (χ0) is 18.5. The largest absolute Gasteiger partial charge is 0.468 e. The van der Waals surface area contributed by atoms with Gasteiger partial charge in [-0.15, -0.1) is 0 Å². The Labute approximate surface area is 158 Å². The molecule has 0 aromatic carbocycles. The molecule has 2 aliphatic heterocycles. The molecule has 1 atom stereocenters. The summed E-state index contributed by atoms with van der Waals surface area (Å²) in [5.41, 5.74) is 0.333. The number of ether oxygens (including phenoxy) is 1. The summed E-state index contributed by atoms with van der Waals surface area (Å²) >= 11 is 0. The molecule has 0 saturated carbocycles. The number of piperazine rings is 1. The molecule has 1 amide bonds. The molecule has 146 valence electrons. The van der Waals surface area contributed by atoms with Gasteiger partial charge in [0, 0.05) is 39.3 Å². The van der Waals surface area contributed by atoms with E-state index >= 15 is 0 Å². The first-order valence-corrected chi connectivity index (χ1v) is 9.57. The van der Waals surface area contributed by atoms with E-state index in [0.717, 1.165) is 57.9 Å². The number of aromatic nitrogens is 1. The lowest BCUT2D eigenvalue weighted by atomic mass is 10.2. The summed E-state index contributed by atoms with van der Waals surface area (Å²) in [7, 11) is 0. The number of carbonyl (C=O) groups is 1. The van der Waals surface area contributed by atoms with Gasteiger partial charge in [-0.1, -0.05) is 0 Å². The Hall–Kier alpha value is -2.16. The fourth-order valence-corrected chi connectivity index (χ4v) is 3.51. The minimum Gasteiger partial charge on any atom is -0.468 e. The average molecular weight is 374 g/mol.